The molecule has 16 heavy (non-hydrogen) atoms. The van der Waals surface area contributed by atoms with Crippen molar-refractivity contribution >= 4 is 10.9 Å². The number of fused-ring (bicyclic) bond motifs is 1. The van der Waals surface area contributed by atoms with E-state index in [1.54, 1.807) is 0 Å². The molecule has 3 nitrogen and oxygen atoms in total. The number of hydrogen-bond acceptors (Lipinski definition) is 2. The number of aromatic nitrogens is 2. The van der Waals surface area contributed by atoms with Crippen LogP contribution in [0.25, 0.3) is 10.9 Å². The van der Waals surface area contributed by atoms with Crippen LogP contribution in [0.1, 0.15) is 37.4 Å². The highest BCUT2D eigenvalue weighted by Crippen LogP contribution is 2.32. The quantitative estimate of drug-likeness (QED) is 0.836. The first-order chi connectivity index (χ1) is 7.90. The smallest absolute Gasteiger partial charge is 0.0839 e. The van der Waals surface area contributed by atoms with Crippen LogP contribution in [0, 0.1) is 0 Å². The Morgan fingerprint density at radius 2 is 2.00 bits per heavy atom. The maximum Gasteiger partial charge on any atom is 0.0839 e. The van der Waals surface area contributed by atoms with Crippen LogP contribution in [0.2, 0.25) is 0 Å². The van der Waals surface area contributed by atoms with Gasteiger partial charge in [-0.3, -0.25) is 4.68 Å². The number of nitrogens with zero attached hydrogens (tertiary/aromatic N) is 2. The molecule has 3 rings (SSSR count). The zero-order chi connectivity index (χ0) is 11.0. The summed E-state index contributed by atoms with van der Waals surface area (Å²) in [6, 6.07) is 9.00. The maximum atomic E-state index is 5.75. The normalized spacial score (nSPS) is 17.3. The van der Waals surface area contributed by atoms with Crippen molar-refractivity contribution in [3.8, 4) is 0 Å². The first kappa shape index (κ1) is 9.85. The lowest BCUT2D eigenvalue weighted by molar-refractivity contribution is 0.477. The summed E-state index contributed by atoms with van der Waals surface area (Å²) in [6.07, 6.45) is 5.18. The van der Waals surface area contributed by atoms with E-state index in [1.807, 2.05) is 0 Å². The highest BCUT2D eigenvalue weighted by molar-refractivity contribution is 5.82. The monoisotopic (exact) mass is 215 g/mol. The zero-order valence-electron chi connectivity index (χ0n) is 9.39. The Kier molecular flexibility index (Phi) is 2.40. The summed E-state index contributed by atoms with van der Waals surface area (Å²) in [6.45, 7) is 0.528. The van der Waals surface area contributed by atoms with Crippen LogP contribution in [0.5, 0.6) is 0 Å². The number of para-hydroxylation sites is 1. The Morgan fingerprint density at radius 1 is 1.25 bits per heavy atom. The Balaban J connectivity index is 2.16. The molecular weight excluding hydrogens is 198 g/mol. The van der Waals surface area contributed by atoms with Gasteiger partial charge in [0.2, 0.25) is 0 Å². The minimum absolute atomic E-state index is 0.528. The predicted octanol–water partition coefficient (Wildman–Crippen LogP) is 2.61. The standard InChI is InChI=1S/C13H17N3/c14-9-12-11-7-3-4-8-13(11)16(15-12)10-5-1-2-6-10/h3-4,7-8,10H,1-2,5-6,9,14H2. The third-order valence-electron chi connectivity index (χ3n) is 3.55. The molecule has 1 fully saturated rings. The first-order valence-electron chi connectivity index (χ1n) is 6.06. The highest BCUT2D eigenvalue weighted by Gasteiger charge is 2.20. The number of nitrogens with two attached hydrogens (primary N) is 1. The minimum Gasteiger partial charge on any atom is -0.325 e. The Morgan fingerprint density at radius 3 is 2.75 bits per heavy atom. The molecule has 2 aromatic rings. The van der Waals surface area contributed by atoms with Crippen molar-refractivity contribution in [2.45, 2.75) is 38.3 Å². The molecule has 0 amide bonds. The molecule has 84 valence electrons. The molecule has 0 radical (unpaired) electrons. The third-order valence-corrected chi connectivity index (χ3v) is 3.55. The van der Waals surface area contributed by atoms with Crippen LogP contribution in [0.15, 0.2) is 24.3 Å². The van der Waals surface area contributed by atoms with Crippen molar-refractivity contribution in [3.63, 3.8) is 0 Å². The Bertz CT molecular complexity index is 495. The first-order valence-corrected chi connectivity index (χ1v) is 6.06. The molecule has 0 aliphatic heterocycles. The zero-order valence-corrected chi connectivity index (χ0v) is 9.39. The van der Waals surface area contributed by atoms with E-state index in [0.29, 0.717) is 12.6 Å². The summed E-state index contributed by atoms with van der Waals surface area (Å²) in [5.41, 5.74) is 8.03. The van der Waals surface area contributed by atoms with E-state index in [2.05, 4.69) is 34.0 Å². The fourth-order valence-corrected chi connectivity index (χ4v) is 2.73. The topological polar surface area (TPSA) is 43.8 Å². The van der Waals surface area contributed by atoms with Gasteiger partial charge in [0, 0.05) is 11.9 Å². The molecule has 1 aromatic heterocycles. The van der Waals surface area contributed by atoms with E-state index in [1.165, 1.54) is 36.6 Å². The highest BCUT2D eigenvalue weighted by atomic mass is 15.3. The van der Waals surface area contributed by atoms with Crippen molar-refractivity contribution in [1.29, 1.82) is 0 Å². The van der Waals surface area contributed by atoms with E-state index in [9.17, 15) is 0 Å². The second-order valence-corrected chi connectivity index (χ2v) is 4.55. The van der Waals surface area contributed by atoms with Crippen molar-refractivity contribution < 1.29 is 0 Å². The van der Waals surface area contributed by atoms with Crippen LogP contribution in [-0.4, -0.2) is 9.78 Å². The molecule has 0 atom stereocenters. The molecule has 1 aliphatic rings. The summed E-state index contributed by atoms with van der Waals surface area (Å²) >= 11 is 0. The van der Waals surface area contributed by atoms with Gasteiger partial charge in [-0.05, 0) is 18.9 Å². The fraction of sp³-hybridized carbons (Fsp3) is 0.462. The van der Waals surface area contributed by atoms with Crippen LogP contribution in [0.3, 0.4) is 0 Å². The molecular formula is C13H17N3. The molecule has 0 bridgehead atoms. The average Bonchev–Trinajstić information content (AvgIpc) is 2.95. The van der Waals surface area contributed by atoms with Crippen LogP contribution in [0.4, 0.5) is 0 Å². The SMILES string of the molecule is NCc1nn(C2CCCC2)c2ccccc12. The largest absolute Gasteiger partial charge is 0.325 e. The molecule has 0 spiro atoms. The second-order valence-electron chi connectivity index (χ2n) is 4.55. The molecule has 2 N–H and O–H groups in total. The number of rotatable bonds is 2. The van der Waals surface area contributed by atoms with Crippen molar-refractivity contribution in [2.75, 3.05) is 0 Å². The van der Waals surface area contributed by atoms with Gasteiger partial charge in [-0.25, -0.2) is 0 Å². The Labute approximate surface area is 95.2 Å². The fourth-order valence-electron chi connectivity index (χ4n) is 2.73. The lowest BCUT2D eigenvalue weighted by atomic mass is 10.2. The van der Waals surface area contributed by atoms with Crippen LogP contribution in [-0.2, 0) is 6.54 Å². The molecule has 3 heteroatoms. The number of hydrogen-bond donors (Lipinski definition) is 1. The summed E-state index contributed by atoms with van der Waals surface area (Å²) in [5, 5.41) is 5.90. The van der Waals surface area contributed by atoms with Crippen LogP contribution >= 0.6 is 0 Å². The lowest BCUT2D eigenvalue weighted by Gasteiger charge is -2.10. The van der Waals surface area contributed by atoms with Gasteiger partial charge in [-0.2, -0.15) is 5.10 Å². The molecule has 0 unspecified atom stereocenters. The van der Waals surface area contributed by atoms with Gasteiger partial charge >= 0.3 is 0 Å². The second kappa shape index (κ2) is 3.91. The molecule has 1 heterocycles. The van der Waals surface area contributed by atoms with Gasteiger partial charge in [0.25, 0.3) is 0 Å². The summed E-state index contributed by atoms with van der Waals surface area (Å²) in [4.78, 5) is 0. The molecule has 1 aliphatic carbocycles. The minimum atomic E-state index is 0.528. The summed E-state index contributed by atoms with van der Waals surface area (Å²) in [7, 11) is 0. The van der Waals surface area contributed by atoms with Crippen molar-refractivity contribution in [3.05, 3.63) is 30.0 Å². The molecule has 0 saturated heterocycles. The van der Waals surface area contributed by atoms with Gasteiger partial charge in [0.05, 0.1) is 17.3 Å². The van der Waals surface area contributed by atoms with E-state index < -0.39 is 0 Å². The van der Waals surface area contributed by atoms with Crippen LogP contribution < -0.4 is 5.73 Å². The van der Waals surface area contributed by atoms with Gasteiger partial charge in [0.15, 0.2) is 0 Å². The summed E-state index contributed by atoms with van der Waals surface area (Å²) < 4.78 is 2.20. The number of benzene rings is 1. The molecule has 1 aromatic carbocycles. The third kappa shape index (κ3) is 1.43. The van der Waals surface area contributed by atoms with Gasteiger partial charge < -0.3 is 5.73 Å². The van der Waals surface area contributed by atoms with Gasteiger partial charge in [0.1, 0.15) is 0 Å². The maximum absolute atomic E-state index is 5.75. The van der Waals surface area contributed by atoms with E-state index in [-0.39, 0.29) is 0 Å². The van der Waals surface area contributed by atoms with Crippen molar-refractivity contribution in [1.82, 2.24) is 9.78 Å². The lowest BCUT2D eigenvalue weighted by Crippen LogP contribution is -2.07. The predicted molar refractivity (Wildman–Crippen MR) is 65.1 cm³/mol. The van der Waals surface area contributed by atoms with Gasteiger partial charge in [-0.15, -0.1) is 0 Å². The summed E-state index contributed by atoms with van der Waals surface area (Å²) in [5.74, 6) is 0. The van der Waals surface area contributed by atoms with Gasteiger partial charge in [-0.1, -0.05) is 31.0 Å². The van der Waals surface area contributed by atoms with E-state index in [0.717, 1.165) is 5.69 Å². The van der Waals surface area contributed by atoms with Crippen molar-refractivity contribution in [2.24, 2.45) is 5.73 Å². The molecule has 1 saturated carbocycles. The average molecular weight is 215 g/mol. The Hall–Kier alpha value is -1.35. The van der Waals surface area contributed by atoms with E-state index >= 15 is 0 Å². The van der Waals surface area contributed by atoms with E-state index in [4.69, 9.17) is 5.73 Å².